The minimum Gasteiger partial charge on any atom is -0.504 e. The van der Waals surface area contributed by atoms with E-state index in [2.05, 4.69) is 4.98 Å². The van der Waals surface area contributed by atoms with E-state index in [0.29, 0.717) is 11.6 Å². The van der Waals surface area contributed by atoms with Crippen molar-refractivity contribution in [1.29, 1.82) is 0 Å². The van der Waals surface area contributed by atoms with Gasteiger partial charge in [0, 0.05) is 7.05 Å². The summed E-state index contributed by atoms with van der Waals surface area (Å²) in [6.45, 7) is 0.0847. The Bertz CT molecular complexity index is 577. The number of benzene rings is 1. The number of hydrogen-bond donors (Lipinski definition) is 2. The van der Waals surface area contributed by atoms with E-state index in [4.69, 9.17) is 9.84 Å². The second kappa shape index (κ2) is 4.79. The van der Waals surface area contributed by atoms with Gasteiger partial charge in [0.05, 0.1) is 6.20 Å². The van der Waals surface area contributed by atoms with Crippen LogP contribution < -0.4 is 4.74 Å². The summed E-state index contributed by atoms with van der Waals surface area (Å²) in [7, 11) is 1.60. The maximum Gasteiger partial charge on any atom is 0.354 e. The molecule has 0 aliphatic carbocycles. The number of phenolic OH excluding ortho intramolecular Hbond substituents is 1. The summed E-state index contributed by atoms with van der Waals surface area (Å²) >= 11 is 0. The smallest absolute Gasteiger partial charge is 0.354 e. The summed E-state index contributed by atoms with van der Waals surface area (Å²) in [4.78, 5) is 14.8. The molecule has 18 heavy (non-hydrogen) atoms. The number of carboxylic acid groups (broad SMARTS) is 1. The first-order valence-corrected chi connectivity index (χ1v) is 5.24. The predicted octanol–water partition coefficient (Wildman–Crippen LogP) is 1.40. The van der Waals surface area contributed by atoms with Crippen LogP contribution in [0.3, 0.4) is 0 Å². The van der Waals surface area contributed by atoms with Crippen molar-refractivity contribution in [2.75, 3.05) is 0 Å². The van der Waals surface area contributed by atoms with Gasteiger partial charge in [-0.1, -0.05) is 12.1 Å². The largest absolute Gasteiger partial charge is 0.504 e. The molecule has 2 aromatic rings. The first kappa shape index (κ1) is 12.0. The lowest BCUT2D eigenvalue weighted by atomic mass is 10.3. The molecule has 94 valence electrons. The molecule has 0 saturated heterocycles. The Hall–Kier alpha value is -2.50. The molecule has 0 aliphatic rings. The quantitative estimate of drug-likeness (QED) is 0.854. The Morgan fingerprint density at radius 1 is 1.44 bits per heavy atom. The van der Waals surface area contributed by atoms with E-state index in [1.807, 2.05) is 0 Å². The molecule has 0 fully saturated rings. The molecule has 1 aromatic carbocycles. The number of nitrogens with zero attached hydrogens (tertiary/aromatic N) is 2. The molecule has 1 heterocycles. The van der Waals surface area contributed by atoms with Crippen LogP contribution in [0, 0.1) is 0 Å². The SMILES string of the molecule is Cn1c(C(=O)O)cnc1COc1ccccc1O. The van der Waals surface area contributed by atoms with E-state index in [9.17, 15) is 9.90 Å². The lowest BCUT2D eigenvalue weighted by Crippen LogP contribution is -2.09. The molecule has 0 unspecified atom stereocenters. The van der Waals surface area contributed by atoms with Gasteiger partial charge in [0.15, 0.2) is 11.5 Å². The van der Waals surface area contributed by atoms with Crippen LogP contribution in [0.4, 0.5) is 0 Å². The highest BCUT2D eigenvalue weighted by Gasteiger charge is 2.13. The molecule has 0 saturated carbocycles. The Balaban J connectivity index is 2.12. The summed E-state index contributed by atoms with van der Waals surface area (Å²) in [5, 5.41) is 18.4. The van der Waals surface area contributed by atoms with Crippen molar-refractivity contribution in [1.82, 2.24) is 9.55 Å². The van der Waals surface area contributed by atoms with E-state index in [1.165, 1.54) is 16.8 Å². The number of carboxylic acids is 1. The Morgan fingerprint density at radius 2 is 2.17 bits per heavy atom. The van der Waals surface area contributed by atoms with E-state index in [1.54, 1.807) is 25.2 Å². The highest BCUT2D eigenvalue weighted by molar-refractivity contribution is 5.85. The minimum absolute atomic E-state index is 0.0326. The standard InChI is InChI=1S/C12H12N2O4/c1-14-8(12(16)17)6-13-11(14)7-18-10-5-3-2-4-9(10)15/h2-6,15H,7H2,1H3,(H,16,17). The normalized spacial score (nSPS) is 10.3. The van der Waals surface area contributed by atoms with Crippen LogP contribution >= 0.6 is 0 Å². The molecule has 1 aromatic heterocycles. The Morgan fingerprint density at radius 3 is 2.78 bits per heavy atom. The lowest BCUT2D eigenvalue weighted by Gasteiger charge is -2.07. The fraction of sp³-hybridized carbons (Fsp3) is 0.167. The molecule has 2 N–H and O–H groups in total. The molecule has 0 atom stereocenters. The van der Waals surface area contributed by atoms with Gasteiger partial charge in [-0.3, -0.25) is 0 Å². The van der Waals surface area contributed by atoms with Crippen LogP contribution in [0.15, 0.2) is 30.5 Å². The molecule has 0 spiro atoms. The van der Waals surface area contributed by atoms with Crippen LogP contribution in [0.25, 0.3) is 0 Å². The van der Waals surface area contributed by atoms with Crippen molar-refractivity contribution in [2.45, 2.75) is 6.61 Å². The zero-order chi connectivity index (χ0) is 13.1. The zero-order valence-corrected chi connectivity index (χ0v) is 9.70. The number of aromatic hydroxyl groups is 1. The predicted molar refractivity (Wildman–Crippen MR) is 62.6 cm³/mol. The second-order valence-electron chi connectivity index (χ2n) is 3.68. The van der Waals surface area contributed by atoms with Crippen molar-refractivity contribution in [3.63, 3.8) is 0 Å². The van der Waals surface area contributed by atoms with Gasteiger partial charge in [-0.05, 0) is 12.1 Å². The maximum absolute atomic E-state index is 10.8. The number of para-hydroxylation sites is 2. The third-order valence-electron chi connectivity index (χ3n) is 2.53. The van der Waals surface area contributed by atoms with Crippen LogP contribution in [-0.2, 0) is 13.7 Å². The fourth-order valence-electron chi connectivity index (χ4n) is 1.50. The van der Waals surface area contributed by atoms with Crippen molar-refractivity contribution in [3.05, 3.63) is 42.0 Å². The average molecular weight is 248 g/mol. The molecule has 6 heteroatoms. The Kier molecular flexibility index (Phi) is 3.18. The summed E-state index contributed by atoms with van der Waals surface area (Å²) in [6, 6.07) is 6.55. The lowest BCUT2D eigenvalue weighted by molar-refractivity contribution is 0.0686. The summed E-state index contributed by atoms with van der Waals surface area (Å²) in [5.74, 6) is -0.211. The summed E-state index contributed by atoms with van der Waals surface area (Å²) in [6.07, 6.45) is 1.27. The van der Waals surface area contributed by atoms with Gasteiger partial charge in [0.1, 0.15) is 18.1 Å². The molecule has 0 aliphatic heterocycles. The summed E-state index contributed by atoms with van der Waals surface area (Å²) in [5.41, 5.74) is 0.0888. The number of aromatic nitrogens is 2. The van der Waals surface area contributed by atoms with Crippen LogP contribution in [0.2, 0.25) is 0 Å². The van der Waals surface area contributed by atoms with Crippen molar-refractivity contribution in [3.8, 4) is 11.5 Å². The highest BCUT2D eigenvalue weighted by atomic mass is 16.5. The van der Waals surface area contributed by atoms with E-state index < -0.39 is 5.97 Å². The van der Waals surface area contributed by atoms with Crippen LogP contribution in [-0.4, -0.2) is 25.7 Å². The molecule has 0 radical (unpaired) electrons. The number of ether oxygens (including phenoxy) is 1. The topological polar surface area (TPSA) is 84.6 Å². The molecule has 0 bridgehead atoms. The minimum atomic E-state index is -1.04. The highest BCUT2D eigenvalue weighted by Crippen LogP contribution is 2.25. The zero-order valence-electron chi connectivity index (χ0n) is 9.70. The number of hydrogen-bond acceptors (Lipinski definition) is 4. The molecular formula is C12H12N2O4. The molecular weight excluding hydrogens is 236 g/mol. The molecule has 2 rings (SSSR count). The van der Waals surface area contributed by atoms with Gasteiger partial charge >= 0.3 is 5.97 Å². The molecule has 0 amide bonds. The van der Waals surface area contributed by atoms with E-state index in [0.717, 1.165) is 0 Å². The van der Waals surface area contributed by atoms with Gasteiger partial charge < -0.3 is 19.5 Å². The second-order valence-corrected chi connectivity index (χ2v) is 3.68. The van der Waals surface area contributed by atoms with Gasteiger partial charge in [0.2, 0.25) is 0 Å². The number of imidazole rings is 1. The van der Waals surface area contributed by atoms with Crippen LogP contribution in [0.1, 0.15) is 16.3 Å². The van der Waals surface area contributed by atoms with Gasteiger partial charge in [-0.25, -0.2) is 9.78 Å². The number of carbonyl (C=O) groups is 1. The third kappa shape index (κ3) is 2.27. The summed E-state index contributed by atoms with van der Waals surface area (Å²) < 4.78 is 6.80. The Labute approximate surface area is 103 Å². The number of phenols is 1. The van der Waals surface area contributed by atoms with Crippen molar-refractivity contribution < 1.29 is 19.7 Å². The average Bonchev–Trinajstić information content (AvgIpc) is 2.70. The monoisotopic (exact) mass is 248 g/mol. The van der Waals surface area contributed by atoms with Crippen molar-refractivity contribution in [2.24, 2.45) is 7.05 Å². The number of rotatable bonds is 4. The first-order chi connectivity index (χ1) is 8.59. The van der Waals surface area contributed by atoms with Gasteiger partial charge in [0.25, 0.3) is 0 Å². The van der Waals surface area contributed by atoms with Gasteiger partial charge in [-0.15, -0.1) is 0 Å². The third-order valence-corrected chi connectivity index (χ3v) is 2.53. The van der Waals surface area contributed by atoms with Crippen molar-refractivity contribution >= 4 is 5.97 Å². The molecule has 6 nitrogen and oxygen atoms in total. The van der Waals surface area contributed by atoms with Crippen LogP contribution in [0.5, 0.6) is 11.5 Å². The number of aromatic carboxylic acids is 1. The fourth-order valence-corrected chi connectivity index (χ4v) is 1.50. The maximum atomic E-state index is 10.8. The van der Waals surface area contributed by atoms with E-state index >= 15 is 0 Å². The van der Waals surface area contributed by atoms with Gasteiger partial charge in [-0.2, -0.15) is 0 Å². The first-order valence-electron chi connectivity index (χ1n) is 5.24. The van der Waals surface area contributed by atoms with E-state index in [-0.39, 0.29) is 18.1 Å².